The molecule has 0 unspecified atom stereocenters. The van der Waals surface area contributed by atoms with Gasteiger partial charge < -0.3 is 10.1 Å². The molecule has 0 aromatic heterocycles. The first kappa shape index (κ1) is 19.7. The number of nitrogens with one attached hydrogen (secondary N) is 1. The first-order chi connectivity index (χ1) is 9.56. The number of carbonyl (C=O) groups excluding carboxylic acids is 1. The first-order valence-electron chi connectivity index (χ1n) is 6.89. The summed E-state index contributed by atoms with van der Waals surface area (Å²) < 4.78 is 6.42. The van der Waals surface area contributed by atoms with Crippen LogP contribution in [0.15, 0.2) is 46.1 Å². The van der Waals surface area contributed by atoms with Gasteiger partial charge in [0.15, 0.2) is 0 Å². The molecule has 0 saturated heterocycles. The molecule has 1 N–H and O–H groups in total. The standard InChI is InChI=1S/C17H26BrNO2/c1-8-15(16(20)21-17(5,6)7)14(4)19-11-12(2)9-10-13(3)18/h8-10,19H,4,11H2,1-3,5-7H3/b12-9+,13-10+,15-8+. The summed E-state index contributed by atoms with van der Waals surface area (Å²) in [6.07, 6.45) is 5.70. The lowest BCUT2D eigenvalue weighted by molar-refractivity contribution is -0.149. The summed E-state index contributed by atoms with van der Waals surface area (Å²) in [6.45, 7) is 15.8. The molecule has 0 bridgehead atoms. The number of ether oxygens (including phenoxy) is 1. The predicted molar refractivity (Wildman–Crippen MR) is 93.2 cm³/mol. The van der Waals surface area contributed by atoms with Crippen molar-refractivity contribution in [1.82, 2.24) is 5.32 Å². The van der Waals surface area contributed by atoms with Crippen molar-refractivity contribution in [3.05, 3.63) is 46.1 Å². The van der Waals surface area contributed by atoms with E-state index in [0.29, 0.717) is 17.8 Å². The quantitative estimate of drug-likeness (QED) is 0.429. The predicted octanol–water partition coefficient (Wildman–Crippen LogP) is 4.62. The molecule has 0 aliphatic rings. The Labute approximate surface area is 137 Å². The lowest BCUT2D eigenvalue weighted by Crippen LogP contribution is -2.28. The maximum Gasteiger partial charge on any atom is 0.340 e. The van der Waals surface area contributed by atoms with Crippen LogP contribution in [-0.4, -0.2) is 18.1 Å². The molecule has 118 valence electrons. The molecule has 0 radical (unpaired) electrons. The minimum absolute atomic E-state index is 0.361. The Balaban J connectivity index is 4.66. The van der Waals surface area contributed by atoms with E-state index < -0.39 is 5.60 Å². The molecule has 0 rings (SSSR count). The summed E-state index contributed by atoms with van der Waals surface area (Å²) in [6, 6.07) is 0. The van der Waals surface area contributed by atoms with E-state index in [1.807, 2.05) is 46.8 Å². The molecule has 0 fully saturated rings. The van der Waals surface area contributed by atoms with Gasteiger partial charge in [-0.25, -0.2) is 4.79 Å². The highest BCUT2D eigenvalue weighted by atomic mass is 79.9. The molecular weight excluding hydrogens is 330 g/mol. The van der Waals surface area contributed by atoms with E-state index in [0.717, 1.165) is 10.1 Å². The second kappa shape index (κ2) is 8.88. The van der Waals surface area contributed by atoms with Crippen molar-refractivity contribution < 1.29 is 9.53 Å². The van der Waals surface area contributed by atoms with Crippen molar-refractivity contribution >= 4 is 21.9 Å². The SMILES string of the molecule is C=C(NC/C(C)=C/C=C(\C)Br)/C(=C\C)C(=O)OC(C)(C)C. The van der Waals surface area contributed by atoms with Gasteiger partial charge in [-0.3, -0.25) is 0 Å². The van der Waals surface area contributed by atoms with Gasteiger partial charge in [-0.15, -0.1) is 0 Å². The van der Waals surface area contributed by atoms with Crippen LogP contribution in [0.1, 0.15) is 41.5 Å². The summed E-state index contributed by atoms with van der Waals surface area (Å²) in [5.41, 5.74) is 1.65. The van der Waals surface area contributed by atoms with Crippen LogP contribution in [0, 0.1) is 0 Å². The van der Waals surface area contributed by atoms with Gasteiger partial charge in [0.25, 0.3) is 0 Å². The molecule has 0 aromatic carbocycles. The van der Waals surface area contributed by atoms with E-state index in [-0.39, 0.29) is 5.97 Å². The van der Waals surface area contributed by atoms with E-state index in [4.69, 9.17) is 4.74 Å². The summed E-state index contributed by atoms with van der Waals surface area (Å²) in [5.74, 6) is -0.361. The monoisotopic (exact) mass is 355 g/mol. The van der Waals surface area contributed by atoms with Crippen LogP contribution in [-0.2, 0) is 9.53 Å². The molecule has 0 amide bonds. The van der Waals surface area contributed by atoms with Crippen molar-refractivity contribution in [3.8, 4) is 0 Å². The highest BCUT2D eigenvalue weighted by Crippen LogP contribution is 2.14. The number of rotatable bonds is 6. The third kappa shape index (κ3) is 9.29. The number of halogens is 1. The van der Waals surface area contributed by atoms with Crippen LogP contribution in [0.4, 0.5) is 0 Å². The van der Waals surface area contributed by atoms with Crippen LogP contribution in [0.2, 0.25) is 0 Å². The van der Waals surface area contributed by atoms with E-state index >= 15 is 0 Å². The number of hydrogen-bond acceptors (Lipinski definition) is 3. The molecule has 0 heterocycles. The third-order valence-corrected chi connectivity index (χ3v) is 2.68. The Bertz CT molecular complexity index is 476. The molecule has 0 saturated carbocycles. The summed E-state index contributed by atoms with van der Waals surface area (Å²) in [7, 11) is 0. The zero-order valence-electron chi connectivity index (χ0n) is 13.8. The van der Waals surface area contributed by atoms with Crippen molar-refractivity contribution in [2.24, 2.45) is 0 Å². The Morgan fingerprint density at radius 2 is 1.86 bits per heavy atom. The van der Waals surface area contributed by atoms with Crippen LogP contribution in [0.5, 0.6) is 0 Å². The largest absolute Gasteiger partial charge is 0.456 e. The van der Waals surface area contributed by atoms with Crippen LogP contribution in [0.25, 0.3) is 0 Å². The highest BCUT2D eigenvalue weighted by molar-refractivity contribution is 9.11. The fraction of sp³-hybridized carbons (Fsp3) is 0.471. The Hall–Kier alpha value is -1.29. The van der Waals surface area contributed by atoms with Gasteiger partial charge in [-0.1, -0.05) is 46.3 Å². The van der Waals surface area contributed by atoms with Crippen molar-refractivity contribution in [2.75, 3.05) is 6.54 Å². The van der Waals surface area contributed by atoms with E-state index in [1.165, 1.54) is 0 Å². The molecule has 21 heavy (non-hydrogen) atoms. The summed E-state index contributed by atoms with van der Waals surface area (Å²) in [4.78, 5) is 12.1. The van der Waals surface area contributed by atoms with Gasteiger partial charge in [-0.2, -0.15) is 0 Å². The number of hydrogen-bond donors (Lipinski definition) is 1. The van der Waals surface area contributed by atoms with Crippen molar-refractivity contribution in [3.63, 3.8) is 0 Å². The molecule has 3 nitrogen and oxygen atoms in total. The second-order valence-electron chi connectivity index (χ2n) is 5.80. The highest BCUT2D eigenvalue weighted by Gasteiger charge is 2.20. The fourth-order valence-corrected chi connectivity index (χ4v) is 1.54. The Morgan fingerprint density at radius 3 is 2.29 bits per heavy atom. The number of carbonyl (C=O) groups is 1. The van der Waals surface area contributed by atoms with Crippen molar-refractivity contribution in [2.45, 2.75) is 47.1 Å². The van der Waals surface area contributed by atoms with Gasteiger partial charge in [0.2, 0.25) is 0 Å². The number of allylic oxidation sites excluding steroid dienone is 4. The Morgan fingerprint density at radius 1 is 1.29 bits per heavy atom. The maximum atomic E-state index is 12.1. The fourth-order valence-electron chi connectivity index (χ4n) is 1.41. The van der Waals surface area contributed by atoms with Gasteiger partial charge in [0, 0.05) is 12.2 Å². The molecule has 0 spiro atoms. The molecule has 4 heteroatoms. The minimum atomic E-state index is -0.514. The molecule has 0 aliphatic heterocycles. The zero-order valence-corrected chi connectivity index (χ0v) is 15.4. The Kier molecular flexibility index (Phi) is 8.33. The van der Waals surface area contributed by atoms with Crippen molar-refractivity contribution in [1.29, 1.82) is 0 Å². The van der Waals surface area contributed by atoms with Gasteiger partial charge >= 0.3 is 5.97 Å². The topological polar surface area (TPSA) is 38.3 Å². The van der Waals surface area contributed by atoms with Crippen LogP contribution in [0.3, 0.4) is 0 Å². The lowest BCUT2D eigenvalue weighted by Gasteiger charge is -2.21. The van der Waals surface area contributed by atoms with E-state index in [1.54, 1.807) is 13.0 Å². The summed E-state index contributed by atoms with van der Waals surface area (Å²) in [5, 5.41) is 3.15. The molecular formula is C17H26BrNO2. The first-order valence-corrected chi connectivity index (χ1v) is 7.68. The molecule has 0 aliphatic carbocycles. The average molecular weight is 356 g/mol. The van der Waals surface area contributed by atoms with E-state index in [2.05, 4.69) is 27.8 Å². The lowest BCUT2D eigenvalue weighted by atomic mass is 10.1. The molecule has 0 aromatic rings. The molecule has 0 atom stereocenters. The summed E-state index contributed by atoms with van der Waals surface area (Å²) >= 11 is 3.37. The minimum Gasteiger partial charge on any atom is -0.456 e. The maximum absolute atomic E-state index is 12.1. The van der Waals surface area contributed by atoms with Gasteiger partial charge in [-0.05, 0) is 46.0 Å². The van der Waals surface area contributed by atoms with Gasteiger partial charge in [0.1, 0.15) is 5.60 Å². The van der Waals surface area contributed by atoms with Crippen LogP contribution >= 0.6 is 15.9 Å². The normalized spacial score (nSPS) is 14.0. The second-order valence-corrected chi connectivity index (χ2v) is 7.05. The van der Waals surface area contributed by atoms with Crippen LogP contribution < -0.4 is 5.32 Å². The third-order valence-electron chi connectivity index (χ3n) is 2.41. The smallest absolute Gasteiger partial charge is 0.340 e. The number of esters is 1. The van der Waals surface area contributed by atoms with Gasteiger partial charge in [0.05, 0.1) is 5.57 Å². The van der Waals surface area contributed by atoms with E-state index in [9.17, 15) is 4.79 Å². The zero-order chi connectivity index (χ0) is 16.6. The average Bonchev–Trinajstić information content (AvgIpc) is 2.32.